The Morgan fingerprint density at radius 1 is 1.67 bits per heavy atom. The summed E-state index contributed by atoms with van der Waals surface area (Å²) in [5.41, 5.74) is 0. The fourth-order valence-electron chi connectivity index (χ4n) is 0.997. The molecule has 4 nitrogen and oxygen atoms in total. The molecule has 0 bridgehead atoms. The predicted molar refractivity (Wildman–Crippen MR) is 70.0 cm³/mol. The molecule has 86 valence electrons. The number of halogens is 2. The summed E-state index contributed by atoms with van der Waals surface area (Å²) in [6.45, 7) is 0.370. The zero-order valence-electron chi connectivity index (χ0n) is 7.52. The standard InChI is InChI=1S/C7H9Br2NO3S2/c8-6(9)3-13-7(14)10-5-1-2-15(11,12)4-5/h1-2,5-6H,3-4H2,(H,10,14)/t5-/m0/s1. The van der Waals surface area contributed by atoms with E-state index in [1.807, 2.05) is 0 Å². The van der Waals surface area contributed by atoms with Crippen LogP contribution < -0.4 is 5.32 Å². The fourth-order valence-corrected chi connectivity index (χ4v) is 2.72. The lowest BCUT2D eigenvalue weighted by atomic mass is 10.3. The van der Waals surface area contributed by atoms with E-state index in [4.69, 9.17) is 17.0 Å². The first-order valence-corrected chi connectivity index (χ1v) is 7.97. The van der Waals surface area contributed by atoms with Crippen molar-refractivity contribution < 1.29 is 13.2 Å². The number of nitrogens with one attached hydrogen (secondary N) is 1. The number of alkyl halides is 2. The highest BCUT2D eigenvalue weighted by Gasteiger charge is 2.22. The van der Waals surface area contributed by atoms with Crippen molar-refractivity contribution in [1.29, 1.82) is 0 Å². The maximum atomic E-state index is 11.1. The SMILES string of the molecule is O=S1(=O)C=C[C@H](NC(=S)OCC(Br)Br)C1. The van der Waals surface area contributed by atoms with Crippen molar-refractivity contribution in [2.75, 3.05) is 12.4 Å². The van der Waals surface area contributed by atoms with Gasteiger partial charge in [0.2, 0.25) is 0 Å². The smallest absolute Gasteiger partial charge is 0.257 e. The third kappa shape index (κ3) is 5.28. The molecule has 0 aliphatic carbocycles. The summed E-state index contributed by atoms with van der Waals surface area (Å²) in [7, 11) is -3.05. The van der Waals surface area contributed by atoms with E-state index in [1.54, 1.807) is 6.08 Å². The van der Waals surface area contributed by atoms with E-state index in [9.17, 15) is 8.42 Å². The Morgan fingerprint density at radius 3 is 2.80 bits per heavy atom. The van der Waals surface area contributed by atoms with Gasteiger partial charge in [0, 0.05) is 5.41 Å². The van der Waals surface area contributed by atoms with Gasteiger partial charge in [-0.1, -0.05) is 31.9 Å². The van der Waals surface area contributed by atoms with Gasteiger partial charge in [0.1, 0.15) is 10.3 Å². The summed E-state index contributed by atoms with van der Waals surface area (Å²) in [5, 5.41) is 4.18. The third-order valence-corrected chi connectivity index (χ3v) is 3.73. The van der Waals surface area contributed by atoms with Gasteiger partial charge >= 0.3 is 0 Å². The Balaban J connectivity index is 2.32. The van der Waals surface area contributed by atoms with Crippen LogP contribution in [0.25, 0.3) is 0 Å². The summed E-state index contributed by atoms with van der Waals surface area (Å²) < 4.78 is 27.3. The topological polar surface area (TPSA) is 55.4 Å². The maximum Gasteiger partial charge on any atom is 0.257 e. The Bertz CT molecular complexity index is 366. The van der Waals surface area contributed by atoms with Gasteiger partial charge in [-0.15, -0.1) is 0 Å². The first-order chi connectivity index (χ1) is 6.89. The molecule has 0 saturated heterocycles. The summed E-state index contributed by atoms with van der Waals surface area (Å²) >= 11 is 11.3. The lowest BCUT2D eigenvalue weighted by Gasteiger charge is -2.13. The Morgan fingerprint density at radius 2 is 2.33 bits per heavy atom. The van der Waals surface area contributed by atoms with E-state index < -0.39 is 9.84 Å². The van der Waals surface area contributed by atoms with Crippen LogP contribution in [0.1, 0.15) is 0 Å². The number of thiocarbonyl (C=S) groups is 1. The van der Waals surface area contributed by atoms with Crippen LogP contribution in [0.4, 0.5) is 0 Å². The van der Waals surface area contributed by atoms with Crippen LogP contribution in [0.15, 0.2) is 11.5 Å². The highest BCUT2D eigenvalue weighted by atomic mass is 79.9. The number of sulfone groups is 1. The number of hydrogen-bond donors (Lipinski definition) is 1. The van der Waals surface area contributed by atoms with Crippen molar-refractivity contribution in [2.24, 2.45) is 0 Å². The molecule has 1 atom stereocenters. The molecule has 15 heavy (non-hydrogen) atoms. The lowest BCUT2D eigenvalue weighted by molar-refractivity contribution is 0.318. The molecule has 0 radical (unpaired) electrons. The molecule has 0 fully saturated rings. The summed E-state index contributed by atoms with van der Waals surface area (Å²) in [6, 6.07) is -0.286. The van der Waals surface area contributed by atoms with Crippen LogP contribution in [0.5, 0.6) is 0 Å². The molecule has 1 N–H and O–H groups in total. The zero-order valence-corrected chi connectivity index (χ0v) is 12.3. The second-order valence-corrected chi connectivity index (χ2v) is 8.64. The van der Waals surface area contributed by atoms with Crippen LogP contribution in [0.2, 0.25) is 0 Å². The molecule has 1 aliphatic rings. The van der Waals surface area contributed by atoms with Gasteiger partial charge in [0.05, 0.1) is 11.8 Å². The van der Waals surface area contributed by atoms with Crippen LogP contribution in [-0.2, 0) is 14.6 Å². The minimum absolute atomic E-state index is 0.0209. The number of ether oxygens (including phenoxy) is 1. The minimum Gasteiger partial charge on any atom is -0.469 e. The van der Waals surface area contributed by atoms with Gasteiger partial charge < -0.3 is 10.1 Å². The van der Waals surface area contributed by atoms with Crippen LogP contribution in [0, 0.1) is 0 Å². The largest absolute Gasteiger partial charge is 0.469 e. The van der Waals surface area contributed by atoms with E-state index in [-0.39, 0.29) is 20.7 Å². The Hall–Kier alpha value is 0.340. The van der Waals surface area contributed by atoms with Gasteiger partial charge in [0.25, 0.3) is 5.17 Å². The Labute approximate surface area is 111 Å². The van der Waals surface area contributed by atoms with E-state index in [2.05, 4.69) is 37.2 Å². The van der Waals surface area contributed by atoms with Gasteiger partial charge in [-0.2, -0.15) is 0 Å². The quantitative estimate of drug-likeness (QED) is 0.592. The first kappa shape index (κ1) is 13.4. The number of rotatable bonds is 3. The van der Waals surface area contributed by atoms with E-state index in [0.717, 1.165) is 0 Å². The molecule has 0 spiro atoms. The van der Waals surface area contributed by atoms with E-state index in [1.165, 1.54) is 5.41 Å². The van der Waals surface area contributed by atoms with Crippen LogP contribution in [-0.4, -0.2) is 35.7 Å². The van der Waals surface area contributed by atoms with Crippen molar-refractivity contribution in [3.05, 3.63) is 11.5 Å². The molecule has 0 aromatic rings. The highest BCUT2D eigenvalue weighted by Crippen LogP contribution is 2.10. The van der Waals surface area contributed by atoms with E-state index >= 15 is 0 Å². The van der Waals surface area contributed by atoms with Crippen molar-refractivity contribution in [2.45, 2.75) is 9.78 Å². The molecule has 1 heterocycles. The maximum absolute atomic E-state index is 11.1. The monoisotopic (exact) mass is 377 g/mol. The molecular formula is C7H9Br2NO3S2. The number of hydrogen-bond acceptors (Lipinski definition) is 4. The molecule has 8 heteroatoms. The Kier molecular flexibility index (Phi) is 5.01. The third-order valence-electron chi connectivity index (χ3n) is 1.57. The molecule has 0 unspecified atom stereocenters. The first-order valence-electron chi connectivity index (χ1n) is 4.01. The van der Waals surface area contributed by atoms with Crippen molar-refractivity contribution >= 4 is 59.1 Å². The second kappa shape index (κ2) is 5.60. The van der Waals surface area contributed by atoms with Crippen LogP contribution >= 0.6 is 44.1 Å². The summed E-state index contributed by atoms with van der Waals surface area (Å²) in [5.74, 6) is 0.0303. The average Bonchev–Trinajstić information content (AvgIpc) is 2.42. The van der Waals surface area contributed by atoms with Gasteiger partial charge in [-0.3, -0.25) is 0 Å². The van der Waals surface area contributed by atoms with Gasteiger partial charge in [-0.25, -0.2) is 8.42 Å². The van der Waals surface area contributed by atoms with Crippen molar-refractivity contribution in [1.82, 2.24) is 5.32 Å². The van der Waals surface area contributed by atoms with E-state index in [0.29, 0.717) is 6.61 Å². The van der Waals surface area contributed by atoms with Gasteiger partial charge in [-0.05, 0) is 18.3 Å². The molecule has 0 aromatic carbocycles. The van der Waals surface area contributed by atoms with Crippen LogP contribution in [0.3, 0.4) is 0 Å². The average molecular weight is 379 g/mol. The predicted octanol–water partition coefficient (Wildman–Crippen LogP) is 1.30. The van der Waals surface area contributed by atoms with Gasteiger partial charge in [0.15, 0.2) is 9.84 Å². The fraction of sp³-hybridized carbons (Fsp3) is 0.571. The normalized spacial score (nSPS) is 23.0. The minimum atomic E-state index is -3.05. The highest BCUT2D eigenvalue weighted by molar-refractivity contribution is 9.24. The molecule has 1 aliphatic heterocycles. The summed E-state index contributed by atoms with van der Waals surface area (Å²) in [4.78, 5) is 0. The zero-order chi connectivity index (χ0) is 11.5. The molecular weight excluding hydrogens is 370 g/mol. The molecule has 0 aromatic heterocycles. The summed E-state index contributed by atoms with van der Waals surface area (Å²) in [6.07, 6.45) is 1.56. The lowest BCUT2D eigenvalue weighted by Crippen LogP contribution is -2.36. The van der Waals surface area contributed by atoms with Crippen molar-refractivity contribution in [3.63, 3.8) is 0 Å². The molecule has 0 amide bonds. The molecule has 1 rings (SSSR count). The molecule has 0 saturated carbocycles. The van der Waals surface area contributed by atoms with Crippen molar-refractivity contribution in [3.8, 4) is 0 Å². The second-order valence-electron chi connectivity index (χ2n) is 2.90.